The predicted octanol–water partition coefficient (Wildman–Crippen LogP) is 7.83. The summed E-state index contributed by atoms with van der Waals surface area (Å²) in [5.74, 6) is 3.24. The molecule has 2 saturated heterocycles. The quantitative estimate of drug-likeness (QED) is 0.0773. The Kier molecular flexibility index (Phi) is 11.6. The molecule has 0 saturated carbocycles. The lowest BCUT2D eigenvalue weighted by molar-refractivity contribution is 0.104. The largest absolute Gasteiger partial charge is 0.489 e. The van der Waals surface area contributed by atoms with Crippen LogP contribution in [0, 0.1) is 0 Å². The van der Waals surface area contributed by atoms with Crippen LogP contribution >= 0.6 is 0 Å². The van der Waals surface area contributed by atoms with Gasteiger partial charge in [0.2, 0.25) is 0 Å². The third-order valence-corrected chi connectivity index (χ3v) is 8.29. The average Bonchev–Trinajstić information content (AvgIpc) is 4.11. The molecule has 2 atom stereocenters. The van der Waals surface area contributed by atoms with E-state index in [4.69, 9.17) is 37.9 Å². The molecule has 8 nitrogen and oxygen atoms in total. The summed E-state index contributed by atoms with van der Waals surface area (Å²) in [4.78, 5) is 0. The van der Waals surface area contributed by atoms with Crippen LogP contribution < -0.4 is 18.9 Å². The molecule has 0 N–H and O–H groups in total. The molecule has 0 bridgehead atoms. The molecular formula is C42H42O8. The molecule has 0 radical (unpaired) electrons. The van der Waals surface area contributed by atoms with E-state index < -0.39 is 0 Å². The first kappa shape index (κ1) is 33.6. The standard InChI is InChI=1S/C42H42O8/c1-5-35(6-2-33(1)23-45-37-13-9-31(10-14-37)21-43-27-41-29-49-41)25-47-39-17-19-40(20-18-39)48-26-36-7-3-34(4-8-36)24-46-38-15-11-32(12-16-38)22-44-28-42-30-50-42/h1-20,41-42H,21-30H2. The Labute approximate surface area is 293 Å². The number of ether oxygens (including phenoxy) is 8. The molecule has 2 fully saturated rings. The second-order valence-electron chi connectivity index (χ2n) is 12.5. The van der Waals surface area contributed by atoms with Crippen LogP contribution in [-0.4, -0.2) is 38.6 Å². The molecule has 2 aliphatic heterocycles. The SMILES string of the molecule is c1cc(OCc2ccc(COc3ccc(OCc4ccc(COc5ccc(COCC6CO6)cc5)cc4)cc3)cc2)ccc1COCC1CO1. The lowest BCUT2D eigenvalue weighted by atomic mass is 10.1. The Morgan fingerprint density at radius 2 is 0.560 bits per heavy atom. The lowest BCUT2D eigenvalue weighted by Crippen LogP contribution is -2.01. The maximum absolute atomic E-state index is 6.01. The summed E-state index contributed by atoms with van der Waals surface area (Å²) in [6.07, 6.45) is 0.568. The average molecular weight is 675 g/mol. The minimum absolute atomic E-state index is 0.284. The van der Waals surface area contributed by atoms with Gasteiger partial charge in [0.1, 0.15) is 61.6 Å². The number of benzene rings is 5. The summed E-state index contributed by atoms with van der Waals surface area (Å²) >= 11 is 0. The highest BCUT2D eigenvalue weighted by Gasteiger charge is 2.22. The summed E-state index contributed by atoms with van der Waals surface area (Å²) in [6.45, 7) is 6.05. The molecule has 0 amide bonds. The van der Waals surface area contributed by atoms with E-state index in [1.54, 1.807) is 0 Å². The highest BCUT2D eigenvalue weighted by atomic mass is 16.6. The Morgan fingerprint density at radius 3 is 0.820 bits per heavy atom. The van der Waals surface area contributed by atoms with Gasteiger partial charge in [-0.25, -0.2) is 0 Å². The zero-order valence-corrected chi connectivity index (χ0v) is 28.0. The summed E-state index contributed by atoms with van der Waals surface area (Å²) in [6, 6.07) is 40.3. The molecule has 0 aliphatic carbocycles. The van der Waals surface area contributed by atoms with Crippen LogP contribution in [-0.2, 0) is 58.6 Å². The zero-order chi connectivity index (χ0) is 33.8. The third kappa shape index (κ3) is 11.1. The second-order valence-corrected chi connectivity index (χ2v) is 12.5. The van der Waals surface area contributed by atoms with Crippen molar-refractivity contribution in [3.8, 4) is 23.0 Å². The van der Waals surface area contributed by atoms with Gasteiger partial charge >= 0.3 is 0 Å². The van der Waals surface area contributed by atoms with Crippen molar-refractivity contribution in [3.05, 3.63) is 155 Å². The monoisotopic (exact) mass is 674 g/mol. The van der Waals surface area contributed by atoms with E-state index in [-0.39, 0.29) is 12.2 Å². The number of hydrogen-bond acceptors (Lipinski definition) is 8. The molecule has 2 heterocycles. The van der Waals surface area contributed by atoms with Gasteiger partial charge in [0.25, 0.3) is 0 Å². The molecule has 8 heteroatoms. The fourth-order valence-electron chi connectivity index (χ4n) is 5.07. The van der Waals surface area contributed by atoms with Gasteiger partial charge < -0.3 is 37.9 Å². The third-order valence-electron chi connectivity index (χ3n) is 8.29. The van der Waals surface area contributed by atoms with Crippen LogP contribution in [0.15, 0.2) is 121 Å². The molecule has 2 unspecified atom stereocenters. The van der Waals surface area contributed by atoms with Crippen LogP contribution in [0.4, 0.5) is 0 Å². The Bertz CT molecular complexity index is 1600. The topological polar surface area (TPSA) is 80.4 Å². The van der Waals surface area contributed by atoms with Crippen molar-refractivity contribution in [2.24, 2.45) is 0 Å². The maximum Gasteiger partial charge on any atom is 0.120 e. The van der Waals surface area contributed by atoms with Gasteiger partial charge in [-0.05, 0) is 81.9 Å². The lowest BCUT2D eigenvalue weighted by Gasteiger charge is -2.11. The molecule has 5 aromatic carbocycles. The van der Waals surface area contributed by atoms with Gasteiger partial charge in [-0.3, -0.25) is 0 Å². The van der Waals surface area contributed by atoms with Gasteiger partial charge in [0, 0.05) is 0 Å². The highest BCUT2D eigenvalue weighted by molar-refractivity contribution is 5.33. The van der Waals surface area contributed by atoms with Gasteiger partial charge in [-0.1, -0.05) is 72.8 Å². The van der Waals surface area contributed by atoms with E-state index in [9.17, 15) is 0 Å². The summed E-state index contributed by atoms with van der Waals surface area (Å²) in [5.41, 5.74) is 6.60. The zero-order valence-electron chi connectivity index (χ0n) is 28.0. The normalized spacial score (nSPS) is 16.1. The van der Waals surface area contributed by atoms with Crippen LogP contribution in [0.3, 0.4) is 0 Å². The summed E-state index contributed by atoms with van der Waals surface area (Å²) in [5, 5.41) is 0. The molecule has 0 spiro atoms. The van der Waals surface area contributed by atoms with Crippen LogP contribution in [0.1, 0.15) is 33.4 Å². The van der Waals surface area contributed by atoms with E-state index in [1.165, 1.54) is 0 Å². The molecule has 2 aliphatic rings. The minimum Gasteiger partial charge on any atom is -0.489 e. The van der Waals surface area contributed by atoms with E-state index in [0.717, 1.165) is 69.6 Å². The Balaban J connectivity index is 0.775. The fraction of sp³-hybridized carbons (Fsp3) is 0.286. The van der Waals surface area contributed by atoms with Crippen molar-refractivity contribution in [3.63, 3.8) is 0 Å². The Hall–Kier alpha value is -4.86. The van der Waals surface area contributed by atoms with Gasteiger partial charge in [0.05, 0.1) is 39.6 Å². The molecule has 50 heavy (non-hydrogen) atoms. The molecule has 7 rings (SSSR count). The van der Waals surface area contributed by atoms with Crippen LogP contribution in [0.25, 0.3) is 0 Å². The Morgan fingerprint density at radius 1 is 0.340 bits per heavy atom. The van der Waals surface area contributed by atoms with Crippen LogP contribution in [0.2, 0.25) is 0 Å². The summed E-state index contributed by atoms with van der Waals surface area (Å²) < 4.78 is 45.6. The number of epoxide rings is 2. The van der Waals surface area contributed by atoms with Gasteiger partial charge in [-0.15, -0.1) is 0 Å². The van der Waals surface area contributed by atoms with E-state index in [1.807, 2.05) is 72.8 Å². The van der Waals surface area contributed by atoms with Crippen molar-refractivity contribution in [2.75, 3.05) is 26.4 Å². The van der Waals surface area contributed by atoms with Crippen molar-refractivity contribution in [1.29, 1.82) is 0 Å². The van der Waals surface area contributed by atoms with Gasteiger partial charge in [-0.2, -0.15) is 0 Å². The van der Waals surface area contributed by atoms with Crippen LogP contribution in [0.5, 0.6) is 23.0 Å². The predicted molar refractivity (Wildman–Crippen MR) is 188 cm³/mol. The van der Waals surface area contributed by atoms with Crippen molar-refractivity contribution in [2.45, 2.75) is 51.8 Å². The minimum atomic E-state index is 0.284. The molecular weight excluding hydrogens is 632 g/mol. The van der Waals surface area contributed by atoms with E-state index in [2.05, 4.69) is 48.5 Å². The number of rotatable bonds is 20. The van der Waals surface area contributed by atoms with E-state index in [0.29, 0.717) is 52.9 Å². The van der Waals surface area contributed by atoms with Gasteiger partial charge in [0.15, 0.2) is 0 Å². The molecule has 5 aromatic rings. The smallest absolute Gasteiger partial charge is 0.120 e. The van der Waals surface area contributed by atoms with Crippen molar-refractivity contribution in [1.82, 2.24) is 0 Å². The summed E-state index contributed by atoms with van der Waals surface area (Å²) in [7, 11) is 0. The first-order valence-electron chi connectivity index (χ1n) is 17.0. The highest BCUT2D eigenvalue weighted by Crippen LogP contribution is 2.22. The molecule has 258 valence electrons. The first-order valence-corrected chi connectivity index (χ1v) is 17.0. The first-order chi connectivity index (χ1) is 24.7. The van der Waals surface area contributed by atoms with Crippen molar-refractivity contribution < 1.29 is 37.9 Å². The van der Waals surface area contributed by atoms with Crippen molar-refractivity contribution >= 4 is 0 Å². The number of hydrogen-bond donors (Lipinski definition) is 0. The molecule has 0 aromatic heterocycles. The second kappa shape index (κ2) is 17.2. The van der Waals surface area contributed by atoms with E-state index >= 15 is 0 Å². The fourth-order valence-corrected chi connectivity index (χ4v) is 5.07. The maximum atomic E-state index is 6.01.